The molecule has 0 spiro atoms. The highest BCUT2D eigenvalue weighted by atomic mass is 16.7. The number of carbonyl (C=O) groups excluding carboxylic acids is 1. The Labute approximate surface area is 557 Å². The number of aliphatic hydroxyl groups is 8. The second-order valence-electron chi connectivity index (χ2n) is 24.6. The molecule has 14 nitrogen and oxygen atoms in total. The molecule has 0 aromatic carbocycles. The Morgan fingerprint density at radius 1 is 0.402 bits per heavy atom. The van der Waals surface area contributed by atoms with Crippen LogP contribution >= 0.6 is 0 Å². The zero-order valence-corrected chi connectivity index (χ0v) is 57.0. The number of hydrogen-bond acceptors (Lipinski definition) is 13. The molecule has 2 saturated heterocycles. The smallest absolute Gasteiger partial charge is 0.220 e. The first-order valence-corrected chi connectivity index (χ1v) is 36.1. The molecular weight excluding hydrogens is 1160 g/mol. The molecule has 0 saturated carbocycles. The Morgan fingerprint density at radius 3 is 1.20 bits per heavy atom. The molecule has 9 N–H and O–H groups in total. The van der Waals surface area contributed by atoms with E-state index in [-0.39, 0.29) is 18.9 Å². The molecule has 524 valence electrons. The van der Waals surface area contributed by atoms with Crippen molar-refractivity contribution in [3.05, 3.63) is 146 Å². The molecule has 2 rings (SSSR count). The van der Waals surface area contributed by atoms with E-state index in [9.17, 15) is 45.6 Å². The van der Waals surface area contributed by atoms with Crippen LogP contribution in [0.4, 0.5) is 0 Å². The molecule has 92 heavy (non-hydrogen) atoms. The standard InChI is InChI=1S/C78H129NO13/c1-3-5-7-9-11-13-15-17-19-21-23-24-25-26-27-28-29-30-31-32-33-34-35-36-37-38-39-40-41-42-44-46-48-50-52-54-56-58-60-62-70(83)79-66(67(82)61-59-57-55-53-51-49-47-45-43-22-20-18-16-14-12-10-8-6-4-2)65-89-77-75(88)73(86)76(69(64-81)91-77)92-78-74(87)72(85)71(84)68(63-80)90-78/h5,7,11,13,17,19,23-24,26-27,29-30,32-33,35-36,38-39,41-42,51,53,59,61,66-69,71-78,80-82,84-88H,3-4,6,8-10,12,14-16,18,20-22,25,28,31,34,37,40,43-50,52,54-58,60,62-65H2,1-2H3,(H,79,83)/b7-5-,13-11-,19-17-,24-23-,27-26-,30-29-,33-32-,36-35-,39-38-,42-41-,53-51+,61-59+. The zero-order valence-electron chi connectivity index (χ0n) is 57.0. The van der Waals surface area contributed by atoms with E-state index >= 15 is 0 Å². The largest absolute Gasteiger partial charge is 0.394 e. The third-order valence-corrected chi connectivity index (χ3v) is 16.5. The van der Waals surface area contributed by atoms with Gasteiger partial charge >= 0.3 is 0 Å². The molecule has 2 heterocycles. The number of unbranched alkanes of at least 4 members (excludes halogenated alkanes) is 22. The monoisotopic (exact) mass is 1290 g/mol. The van der Waals surface area contributed by atoms with Gasteiger partial charge in [-0.1, -0.05) is 275 Å². The maximum Gasteiger partial charge on any atom is 0.220 e. The summed E-state index contributed by atoms with van der Waals surface area (Å²) in [4.78, 5) is 13.3. The highest BCUT2D eigenvalue weighted by molar-refractivity contribution is 5.76. The predicted molar refractivity (Wildman–Crippen MR) is 378 cm³/mol. The van der Waals surface area contributed by atoms with Crippen molar-refractivity contribution < 1.29 is 64.6 Å². The summed E-state index contributed by atoms with van der Waals surface area (Å²) in [5.41, 5.74) is 0. The average molecular weight is 1290 g/mol. The van der Waals surface area contributed by atoms with Crippen molar-refractivity contribution in [1.29, 1.82) is 0 Å². The fourth-order valence-corrected chi connectivity index (χ4v) is 10.8. The van der Waals surface area contributed by atoms with Gasteiger partial charge in [-0.3, -0.25) is 4.79 Å². The fraction of sp³-hybridized carbons (Fsp3) is 0.679. The van der Waals surface area contributed by atoms with E-state index in [0.29, 0.717) is 12.8 Å². The molecule has 2 fully saturated rings. The number of aliphatic hydroxyl groups excluding tert-OH is 8. The third-order valence-electron chi connectivity index (χ3n) is 16.5. The predicted octanol–water partition coefficient (Wildman–Crippen LogP) is 15.2. The number of allylic oxidation sites excluding steroid dienone is 23. The molecule has 0 aliphatic carbocycles. The Bertz CT molecular complexity index is 2110. The van der Waals surface area contributed by atoms with E-state index in [1.165, 1.54) is 103 Å². The summed E-state index contributed by atoms with van der Waals surface area (Å²) in [5, 5.41) is 87.4. The summed E-state index contributed by atoms with van der Waals surface area (Å²) in [5.74, 6) is -0.263. The van der Waals surface area contributed by atoms with Gasteiger partial charge < -0.3 is 65.1 Å². The topological polar surface area (TPSA) is 228 Å². The van der Waals surface area contributed by atoms with E-state index in [0.717, 1.165) is 109 Å². The first-order valence-electron chi connectivity index (χ1n) is 36.1. The van der Waals surface area contributed by atoms with Crippen LogP contribution in [0.1, 0.15) is 245 Å². The molecule has 12 atom stereocenters. The number of amides is 1. The van der Waals surface area contributed by atoms with Gasteiger partial charge in [0.25, 0.3) is 0 Å². The van der Waals surface area contributed by atoms with Crippen molar-refractivity contribution in [2.75, 3.05) is 19.8 Å². The quantitative estimate of drug-likeness (QED) is 0.0204. The molecule has 12 unspecified atom stereocenters. The van der Waals surface area contributed by atoms with Crippen molar-refractivity contribution in [3.63, 3.8) is 0 Å². The normalized spacial score (nSPS) is 23.6. The molecule has 2 aliphatic rings. The second-order valence-corrected chi connectivity index (χ2v) is 24.6. The second kappa shape index (κ2) is 60.5. The maximum atomic E-state index is 13.3. The summed E-state index contributed by atoms with van der Waals surface area (Å²) in [6.07, 6.45) is 74.7. The van der Waals surface area contributed by atoms with Crippen LogP contribution < -0.4 is 5.32 Å². The fourth-order valence-electron chi connectivity index (χ4n) is 10.8. The van der Waals surface area contributed by atoms with Gasteiger partial charge in [-0.15, -0.1) is 0 Å². The third kappa shape index (κ3) is 43.8. The van der Waals surface area contributed by atoms with E-state index < -0.39 is 86.8 Å². The highest BCUT2D eigenvalue weighted by Gasteiger charge is 2.51. The molecule has 0 aromatic heterocycles. The van der Waals surface area contributed by atoms with Crippen LogP contribution in [0.25, 0.3) is 0 Å². The number of nitrogens with one attached hydrogen (secondary N) is 1. The van der Waals surface area contributed by atoms with Crippen molar-refractivity contribution >= 4 is 5.91 Å². The molecule has 14 heteroatoms. The number of hydrogen-bond donors (Lipinski definition) is 9. The molecule has 0 bridgehead atoms. The van der Waals surface area contributed by atoms with Crippen LogP contribution in [-0.4, -0.2) is 140 Å². The van der Waals surface area contributed by atoms with Gasteiger partial charge in [-0.2, -0.15) is 0 Å². The Kier molecular flexibility index (Phi) is 55.2. The van der Waals surface area contributed by atoms with Gasteiger partial charge in [0.1, 0.15) is 48.8 Å². The lowest BCUT2D eigenvalue weighted by atomic mass is 9.97. The molecular formula is C78H129NO13. The Balaban J connectivity index is 1.66. The number of rotatable bonds is 57. The van der Waals surface area contributed by atoms with Gasteiger partial charge in [0.05, 0.1) is 32.0 Å². The first kappa shape index (κ1) is 84.0. The van der Waals surface area contributed by atoms with Crippen molar-refractivity contribution in [3.8, 4) is 0 Å². The summed E-state index contributed by atoms with van der Waals surface area (Å²) in [7, 11) is 0. The summed E-state index contributed by atoms with van der Waals surface area (Å²) in [6.45, 7) is 2.66. The minimum Gasteiger partial charge on any atom is -0.394 e. The van der Waals surface area contributed by atoms with Gasteiger partial charge in [0.15, 0.2) is 12.6 Å². The maximum absolute atomic E-state index is 13.3. The van der Waals surface area contributed by atoms with Crippen molar-refractivity contribution in [2.45, 2.75) is 319 Å². The minimum absolute atomic E-state index is 0.254. The van der Waals surface area contributed by atoms with Crippen molar-refractivity contribution in [1.82, 2.24) is 5.32 Å². The number of ether oxygens (including phenoxy) is 4. The van der Waals surface area contributed by atoms with Crippen LogP contribution in [0.5, 0.6) is 0 Å². The van der Waals surface area contributed by atoms with Gasteiger partial charge in [-0.25, -0.2) is 0 Å². The van der Waals surface area contributed by atoms with E-state index in [4.69, 9.17) is 18.9 Å². The van der Waals surface area contributed by atoms with Crippen molar-refractivity contribution in [2.24, 2.45) is 0 Å². The lowest BCUT2D eigenvalue weighted by molar-refractivity contribution is -0.359. The lowest BCUT2D eigenvalue weighted by Gasteiger charge is -2.46. The van der Waals surface area contributed by atoms with Crippen LogP contribution in [0.2, 0.25) is 0 Å². The van der Waals surface area contributed by atoms with E-state index in [1.54, 1.807) is 6.08 Å². The summed E-state index contributed by atoms with van der Waals surface area (Å²) >= 11 is 0. The van der Waals surface area contributed by atoms with Crippen LogP contribution in [0.15, 0.2) is 146 Å². The Hall–Kier alpha value is -4.13. The van der Waals surface area contributed by atoms with Gasteiger partial charge in [0.2, 0.25) is 5.91 Å². The molecule has 1 amide bonds. The first-order chi connectivity index (χ1) is 45.1. The minimum atomic E-state index is -1.80. The molecule has 0 radical (unpaired) electrons. The summed E-state index contributed by atoms with van der Waals surface area (Å²) < 4.78 is 22.8. The summed E-state index contributed by atoms with van der Waals surface area (Å²) in [6, 6.07) is -0.947. The average Bonchev–Trinajstić information content (AvgIpc) is 1.05. The number of carbonyl (C=O) groups is 1. The Morgan fingerprint density at radius 2 is 0.761 bits per heavy atom. The zero-order chi connectivity index (χ0) is 66.6. The van der Waals surface area contributed by atoms with Gasteiger partial charge in [-0.05, 0) is 109 Å². The SMILES string of the molecule is CC/C=C\C/C=C\C/C=C\C/C=C\C/C=C\C/C=C\C/C=C\C/C=C\C/C=C\C/C=C\CCCCCCCCCCC(=O)NC(COC1OC(CO)C(OC2OC(CO)C(O)C(O)C2O)C(O)C1O)C(O)/C=C/CC/C=C/CCCCCCCCCCCCCCC. The molecule has 0 aromatic rings. The molecule has 2 aliphatic heterocycles. The highest BCUT2D eigenvalue weighted by Crippen LogP contribution is 2.30. The lowest BCUT2D eigenvalue weighted by Crippen LogP contribution is -2.65. The van der Waals surface area contributed by atoms with Gasteiger partial charge in [0, 0.05) is 6.42 Å². The van der Waals surface area contributed by atoms with E-state index in [2.05, 4.69) is 153 Å². The van der Waals surface area contributed by atoms with E-state index in [1.807, 2.05) is 6.08 Å². The van der Waals surface area contributed by atoms with Crippen LogP contribution in [-0.2, 0) is 23.7 Å². The van der Waals surface area contributed by atoms with Crippen LogP contribution in [0, 0.1) is 0 Å². The van der Waals surface area contributed by atoms with Crippen LogP contribution in [0.3, 0.4) is 0 Å².